The number of anilines is 1. The Labute approximate surface area is 147 Å². The molecule has 0 saturated carbocycles. The number of ether oxygens (including phenoxy) is 2. The standard InChI is InChI=1S/C20H21NO4/c1-5-7-15-10-16(12-18(24-3)19(15)25-4)20(23)21-17-9-6-8-14(11-17)13(2)22/h5-12H,1-4H3,(H,21,23)/b7-5+. The molecule has 25 heavy (non-hydrogen) atoms. The minimum atomic E-state index is -0.299. The smallest absolute Gasteiger partial charge is 0.255 e. The van der Waals surface area contributed by atoms with E-state index in [1.165, 1.54) is 14.0 Å². The Morgan fingerprint density at radius 3 is 2.40 bits per heavy atom. The van der Waals surface area contributed by atoms with Gasteiger partial charge in [-0.25, -0.2) is 0 Å². The van der Waals surface area contributed by atoms with E-state index in [1.54, 1.807) is 43.5 Å². The number of hydrogen-bond donors (Lipinski definition) is 1. The molecule has 130 valence electrons. The Hall–Kier alpha value is -3.08. The molecule has 0 heterocycles. The van der Waals surface area contributed by atoms with Crippen LogP contribution in [0.25, 0.3) is 6.08 Å². The van der Waals surface area contributed by atoms with E-state index in [4.69, 9.17) is 9.47 Å². The number of methoxy groups -OCH3 is 2. The summed E-state index contributed by atoms with van der Waals surface area (Å²) in [5.41, 5.74) is 2.27. The summed E-state index contributed by atoms with van der Waals surface area (Å²) in [5, 5.41) is 2.80. The third-order valence-corrected chi connectivity index (χ3v) is 3.64. The van der Waals surface area contributed by atoms with Gasteiger partial charge in [0.05, 0.1) is 14.2 Å². The third kappa shape index (κ3) is 4.26. The molecule has 2 aromatic carbocycles. The van der Waals surface area contributed by atoms with Crippen LogP contribution in [0, 0.1) is 0 Å². The van der Waals surface area contributed by atoms with Gasteiger partial charge in [0.1, 0.15) is 0 Å². The van der Waals surface area contributed by atoms with E-state index < -0.39 is 0 Å². The lowest BCUT2D eigenvalue weighted by Gasteiger charge is -2.13. The summed E-state index contributed by atoms with van der Waals surface area (Å²) in [5.74, 6) is 0.682. The van der Waals surface area contributed by atoms with Gasteiger partial charge in [0.25, 0.3) is 5.91 Å². The van der Waals surface area contributed by atoms with Crippen LogP contribution >= 0.6 is 0 Å². The van der Waals surface area contributed by atoms with Crippen LogP contribution < -0.4 is 14.8 Å². The van der Waals surface area contributed by atoms with Crippen molar-refractivity contribution in [2.24, 2.45) is 0 Å². The van der Waals surface area contributed by atoms with Crippen molar-refractivity contribution in [2.45, 2.75) is 13.8 Å². The van der Waals surface area contributed by atoms with Crippen molar-refractivity contribution < 1.29 is 19.1 Å². The molecule has 0 spiro atoms. The molecule has 0 bridgehead atoms. The minimum Gasteiger partial charge on any atom is -0.493 e. The van der Waals surface area contributed by atoms with Crippen molar-refractivity contribution in [3.63, 3.8) is 0 Å². The fourth-order valence-corrected chi connectivity index (χ4v) is 2.45. The van der Waals surface area contributed by atoms with Gasteiger partial charge in [-0.15, -0.1) is 0 Å². The van der Waals surface area contributed by atoms with Crippen molar-refractivity contribution in [1.82, 2.24) is 0 Å². The monoisotopic (exact) mass is 339 g/mol. The molecule has 1 N–H and O–H groups in total. The Morgan fingerprint density at radius 2 is 1.80 bits per heavy atom. The number of carbonyl (C=O) groups excluding carboxylic acids is 2. The van der Waals surface area contributed by atoms with Gasteiger partial charge in [0.15, 0.2) is 17.3 Å². The number of hydrogen-bond acceptors (Lipinski definition) is 4. The summed E-state index contributed by atoms with van der Waals surface area (Å²) in [6.07, 6.45) is 3.70. The van der Waals surface area contributed by atoms with Gasteiger partial charge in [-0.05, 0) is 38.1 Å². The quantitative estimate of drug-likeness (QED) is 0.802. The molecule has 0 radical (unpaired) electrons. The lowest BCUT2D eigenvalue weighted by Crippen LogP contribution is -2.13. The first-order chi connectivity index (χ1) is 12.0. The first kappa shape index (κ1) is 18.3. The van der Waals surface area contributed by atoms with Crippen molar-refractivity contribution in [3.05, 3.63) is 59.2 Å². The zero-order valence-corrected chi connectivity index (χ0v) is 14.8. The van der Waals surface area contributed by atoms with Crippen molar-refractivity contribution in [1.29, 1.82) is 0 Å². The van der Waals surface area contributed by atoms with Gasteiger partial charge in [-0.1, -0.05) is 24.3 Å². The normalized spacial score (nSPS) is 10.6. The van der Waals surface area contributed by atoms with Crippen LogP contribution in [0.2, 0.25) is 0 Å². The summed E-state index contributed by atoms with van der Waals surface area (Å²) < 4.78 is 10.7. The van der Waals surface area contributed by atoms with E-state index in [0.717, 1.165) is 5.56 Å². The number of carbonyl (C=O) groups is 2. The van der Waals surface area contributed by atoms with E-state index >= 15 is 0 Å². The largest absolute Gasteiger partial charge is 0.493 e. The first-order valence-corrected chi connectivity index (χ1v) is 7.81. The average Bonchev–Trinajstić information content (AvgIpc) is 2.61. The van der Waals surface area contributed by atoms with Crippen LogP contribution in [0.15, 0.2) is 42.5 Å². The number of Topliss-reactive ketones (excluding diaryl/α,β-unsaturated/α-hetero) is 1. The molecule has 5 nitrogen and oxygen atoms in total. The Balaban J connectivity index is 2.37. The summed E-state index contributed by atoms with van der Waals surface area (Å²) in [7, 11) is 3.08. The SMILES string of the molecule is C/C=C/c1cc(C(=O)Nc2cccc(C(C)=O)c2)cc(OC)c1OC. The van der Waals surface area contributed by atoms with Crippen molar-refractivity contribution >= 4 is 23.5 Å². The molecule has 0 aliphatic rings. The molecule has 2 aromatic rings. The molecular weight excluding hydrogens is 318 g/mol. The van der Waals surface area contributed by atoms with Gasteiger partial charge < -0.3 is 14.8 Å². The highest BCUT2D eigenvalue weighted by atomic mass is 16.5. The second kappa shape index (κ2) is 8.15. The van der Waals surface area contributed by atoms with E-state index in [2.05, 4.69) is 5.32 Å². The average molecular weight is 339 g/mol. The van der Waals surface area contributed by atoms with Crippen molar-refractivity contribution in [2.75, 3.05) is 19.5 Å². The maximum Gasteiger partial charge on any atom is 0.255 e. The van der Waals surface area contributed by atoms with Crippen LogP contribution in [-0.2, 0) is 0 Å². The van der Waals surface area contributed by atoms with Gasteiger partial charge >= 0.3 is 0 Å². The Morgan fingerprint density at radius 1 is 1.04 bits per heavy atom. The van der Waals surface area contributed by atoms with E-state index in [1.807, 2.05) is 19.1 Å². The number of amides is 1. The van der Waals surface area contributed by atoms with Crippen LogP contribution in [0.5, 0.6) is 11.5 Å². The number of benzene rings is 2. The van der Waals surface area contributed by atoms with Gasteiger partial charge in [0.2, 0.25) is 0 Å². The zero-order chi connectivity index (χ0) is 18.4. The Kier molecular flexibility index (Phi) is 5.95. The van der Waals surface area contributed by atoms with E-state index in [-0.39, 0.29) is 11.7 Å². The fraction of sp³-hybridized carbons (Fsp3) is 0.200. The lowest BCUT2D eigenvalue weighted by molar-refractivity contribution is 0.101. The predicted molar refractivity (Wildman–Crippen MR) is 98.7 cm³/mol. The Bertz CT molecular complexity index is 824. The topological polar surface area (TPSA) is 64.6 Å². The first-order valence-electron chi connectivity index (χ1n) is 7.81. The lowest BCUT2D eigenvalue weighted by atomic mass is 10.1. The highest BCUT2D eigenvalue weighted by Gasteiger charge is 2.15. The van der Waals surface area contributed by atoms with Crippen LogP contribution in [0.1, 0.15) is 40.1 Å². The third-order valence-electron chi connectivity index (χ3n) is 3.64. The summed E-state index contributed by atoms with van der Waals surface area (Å²) in [6.45, 7) is 3.37. The van der Waals surface area contributed by atoms with Crippen LogP contribution in [0.4, 0.5) is 5.69 Å². The number of ketones is 1. The highest BCUT2D eigenvalue weighted by molar-refractivity contribution is 6.06. The second-order valence-corrected chi connectivity index (χ2v) is 5.39. The second-order valence-electron chi connectivity index (χ2n) is 5.39. The maximum absolute atomic E-state index is 12.6. The molecule has 0 unspecified atom stereocenters. The molecule has 0 aromatic heterocycles. The molecule has 0 saturated heterocycles. The molecule has 0 atom stereocenters. The van der Waals surface area contributed by atoms with E-state index in [9.17, 15) is 9.59 Å². The summed E-state index contributed by atoms with van der Waals surface area (Å²) in [6, 6.07) is 10.2. The van der Waals surface area contributed by atoms with Crippen LogP contribution in [0.3, 0.4) is 0 Å². The van der Waals surface area contributed by atoms with Crippen molar-refractivity contribution in [3.8, 4) is 11.5 Å². The molecular formula is C20H21NO4. The predicted octanol–water partition coefficient (Wildman–Crippen LogP) is 4.19. The number of nitrogens with one attached hydrogen (secondary N) is 1. The molecule has 5 heteroatoms. The molecule has 0 aliphatic carbocycles. The van der Waals surface area contributed by atoms with Gasteiger partial charge in [0, 0.05) is 22.4 Å². The van der Waals surface area contributed by atoms with Gasteiger partial charge in [-0.2, -0.15) is 0 Å². The van der Waals surface area contributed by atoms with Gasteiger partial charge in [-0.3, -0.25) is 9.59 Å². The number of rotatable bonds is 6. The molecule has 0 fully saturated rings. The van der Waals surface area contributed by atoms with E-state index in [0.29, 0.717) is 28.3 Å². The summed E-state index contributed by atoms with van der Waals surface area (Å²) in [4.78, 5) is 24.1. The minimum absolute atomic E-state index is 0.0578. The number of allylic oxidation sites excluding steroid dienone is 1. The molecule has 1 amide bonds. The maximum atomic E-state index is 12.6. The molecule has 2 rings (SSSR count). The summed E-state index contributed by atoms with van der Waals surface area (Å²) >= 11 is 0. The molecule has 0 aliphatic heterocycles. The van der Waals surface area contributed by atoms with Crippen LogP contribution in [-0.4, -0.2) is 25.9 Å². The zero-order valence-electron chi connectivity index (χ0n) is 14.8. The fourth-order valence-electron chi connectivity index (χ4n) is 2.45. The highest BCUT2D eigenvalue weighted by Crippen LogP contribution is 2.33.